The summed E-state index contributed by atoms with van der Waals surface area (Å²) in [5.41, 5.74) is 1.67. The minimum atomic E-state index is -0.428. The van der Waals surface area contributed by atoms with Crippen LogP contribution in [0.2, 0.25) is 5.02 Å². The van der Waals surface area contributed by atoms with Crippen molar-refractivity contribution >= 4 is 23.0 Å². The van der Waals surface area contributed by atoms with Gasteiger partial charge in [0, 0.05) is 32.3 Å². The maximum Gasteiger partial charge on any atom is 0.271 e. The van der Waals surface area contributed by atoms with Gasteiger partial charge in [0.25, 0.3) is 5.69 Å². The largest absolute Gasteiger partial charge is 0.376 e. The Labute approximate surface area is 117 Å². The molecule has 0 bridgehead atoms. The van der Waals surface area contributed by atoms with Gasteiger partial charge in [0.05, 0.1) is 21.7 Å². The van der Waals surface area contributed by atoms with Gasteiger partial charge in [0.1, 0.15) is 0 Å². The van der Waals surface area contributed by atoms with E-state index in [9.17, 15) is 10.1 Å². The predicted molar refractivity (Wildman–Crippen MR) is 75.1 cm³/mol. The van der Waals surface area contributed by atoms with Crippen molar-refractivity contribution in [3.63, 3.8) is 0 Å². The summed E-state index contributed by atoms with van der Waals surface area (Å²) >= 11 is 6.17. The lowest BCUT2D eigenvalue weighted by Gasteiger charge is -2.25. The fraction of sp³-hybridized carbons (Fsp3) is 0.538. The summed E-state index contributed by atoms with van der Waals surface area (Å²) in [6, 6.07) is 2.95. The van der Waals surface area contributed by atoms with Crippen molar-refractivity contribution in [2.24, 2.45) is 0 Å². The van der Waals surface area contributed by atoms with Crippen molar-refractivity contribution < 1.29 is 9.66 Å². The number of non-ortho nitro benzene ring substituents is 1. The zero-order valence-corrected chi connectivity index (χ0v) is 11.8. The van der Waals surface area contributed by atoms with E-state index in [-0.39, 0.29) is 11.8 Å². The molecular formula is C13H17ClN2O3. The van der Waals surface area contributed by atoms with Crippen LogP contribution in [-0.4, -0.2) is 31.2 Å². The van der Waals surface area contributed by atoms with Gasteiger partial charge in [-0.05, 0) is 25.3 Å². The van der Waals surface area contributed by atoms with Crippen molar-refractivity contribution in [3.8, 4) is 0 Å². The van der Waals surface area contributed by atoms with Crippen LogP contribution in [0.25, 0.3) is 0 Å². The molecule has 6 heteroatoms. The van der Waals surface area contributed by atoms with Crippen LogP contribution in [0.5, 0.6) is 0 Å². The number of aryl methyl sites for hydroxylation is 1. The van der Waals surface area contributed by atoms with Gasteiger partial charge in [-0.15, -0.1) is 0 Å². The maximum absolute atomic E-state index is 10.8. The average Bonchev–Trinajstić information content (AvgIpc) is 2.80. The van der Waals surface area contributed by atoms with E-state index >= 15 is 0 Å². The van der Waals surface area contributed by atoms with Crippen molar-refractivity contribution in [2.45, 2.75) is 25.9 Å². The van der Waals surface area contributed by atoms with Crippen LogP contribution < -0.4 is 4.90 Å². The number of hydrogen-bond donors (Lipinski definition) is 0. The molecule has 1 heterocycles. The molecule has 1 atom stereocenters. The molecule has 1 saturated heterocycles. The Kier molecular flexibility index (Phi) is 4.27. The van der Waals surface area contributed by atoms with Crippen molar-refractivity contribution in [3.05, 3.63) is 32.8 Å². The molecule has 0 spiro atoms. The molecule has 1 aliphatic rings. The normalized spacial score (nSPS) is 18.6. The van der Waals surface area contributed by atoms with Crippen molar-refractivity contribution in [1.82, 2.24) is 0 Å². The van der Waals surface area contributed by atoms with E-state index in [1.807, 2.05) is 18.9 Å². The lowest BCUT2D eigenvalue weighted by Crippen LogP contribution is -2.29. The Balaban J connectivity index is 2.21. The minimum Gasteiger partial charge on any atom is -0.376 e. The number of nitrogens with zero attached hydrogens (tertiary/aromatic N) is 2. The monoisotopic (exact) mass is 284 g/mol. The van der Waals surface area contributed by atoms with Gasteiger partial charge in [-0.3, -0.25) is 10.1 Å². The molecule has 1 fully saturated rings. The number of anilines is 1. The number of benzene rings is 1. The highest BCUT2D eigenvalue weighted by atomic mass is 35.5. The molecule has 0 aromatic heterocycles. The SMILES string of the molecule is Cc1cc([N+](=O)[O-])cc(Cl)c1N(C)C[C@@H]1CCCO1. The van der Waals surface area contributed by atoms with Crippen LogP contribution >= 0.6 is 11.6 Å². The van der Waals surface area contributed by atoms with E-state index in [1.54, 1.807) is 6.07 Å². The molecule has 0 saturated carbocycles. The third-order valence-corrected chi connectivity index (χ3v) is 3.62. The minimum absolute atomic E-state index is 0.0248. The van der Waals surface area contributed by atoms with Gasteiger partial charge in [0.2, 0.25) is 0 Å². The number of nitro benzene ring substituents is 1. The molecule has 0 amide bonds. The first-order valence-corrected chi connectivity index (χ1v) is 6.64. The summed E-state index contributed by atoms with van der Waals surface area (Å²) in [6.45, 7) is 3.39. The quantitative estimate of drug-likeness (QED) is 0.629. The molecule has 0 unspecified atom stereocenters. The summed E-state index contributed by atoms with van der Waals surface area (Å²) in [5, 5.41) is 11.2. The number of likely N-dealkylation sites (N-methyl/N-ethyl adjacent to an activating group) is 1. The molecular weight excluding hydrogens is 268 g/mol. The second-order valence-corrected chi connectivity index (χ2v) is 5.27. The highest BCUT2D eigenvalue weighted by molar-refractivity contribution is 6.33. The molecule has 104 valence electrons. The van der Waals surface area contributed by atoms with E-state index < -0.39 is 4.92 Å². The Morgan fingerprint density at radius 2 is 2.32 bits per heavy atom. The third kappa shape index (κ3) is 3.16. The van der Waals surface area contributed by atoms with E-state index in [1.165, 1.54) is 6.07 Å². The Bertz CT molecular complexity index is 464. The molecule has 5 nitrogen and oxygen atoms in total. The van der Waals surface area contributed by atoms with E-state index in [0.29, 0.717) is 5.02 Å². The zero-order valence-electron chi connectivity index (χ0n) is 11.1. The summed E-state index contributed by atoms with van der Waals surface area (Å²) < 4.78 is 5.59. The molecule has 19 heavy (non-hydrogen) atoms. The second-order valence-electron chi connectivity index (χ2n) is 4.87. The maximum atomic E-state index is 10.8. The Hall–Kier alpha value is -1.33. The predicted octanol–water partition coefficient (Wildman–Crippen LogP) is 3.17. The van der Waals surface area contributed by atoms with Crippen LogP contribution in [0, 0.1) is 17.0 Å². The number of hydrogen-bond acceptors (Lipinski definition) is 4. The van der Waals surface area contributed by atoms with Gasteiger partial charge in [-0.1, -0.05) is 11.6 Å². The lowest BCUT2D eigenvalue weighted by molar-refractivity contribution is -0.384. The first-order valence-electron chi connectivity index (χ1n) is 6.26. The molecule has 1 aromatic rings. The van der Waals surface area contributed by atoms with Gasteiger partial charge >= 0.3 is 0 Å². The molecule has 1 aliphatic heterocycles. The lowest BCUT2D eigenvalue weighted by atomic mass is 10.1. The van der Waals surface area contributed by atoms with Gasteiger partial charge in [0.15, 0.2) is 0 Å². The van der Waals surface area contributed by atoms with E-state index in [2.05, 4.69) is 0 Å². The van der Waals surface area contributed by atoms with Crippen LogP contribution in [0.4, 0.5) is 11.4 Å². The smallest absolute Gasteiger partial charge is 0.271 e. The Morgan fingerprint density at radius 1 is 1.58 bits per heavy atom. The number of nitro groups is 1. The van der Waals surface area contributed by atoms with Gasteiger partial charge in [-0.2, -0.15) is 0 Å². The molecule has 0 N–H and O–H groups in total. The fourth-order valence-electron chi connectivity index (χ4n) is 2.49. The summed E-state index contributed by atoms with van der Waals surface area (Å²) in [6.07, 6.45) is 2.36. The summed E-state index contributed by atoms with van der Waals surface area (Å²) in [5.74, 6) is 0. The van der Waals surface area contributed by atoms with Crippen LogP contribution in [0.3, 0.4) is 0 Å². The van der Waals surface area contributed by atoms with Crippen molar-refractivity contribution in [1.29, 1.82) is 0 Å². The average molecular weight is 285 g/mol. The van der Waals surface area contributed by atoms with E-state index in [4.69, 9.17) is 16.3 Å². The highest BCUT2D eigenvalue weighted by Gasteiger charge is 2.21. The second kappa shape index (κ2) is 5.75. The zero-order chi connectivity index (χ0) is 14.0. The third-order valence-electron chi connectivity index (χ3n) is 3.33. The van der Waals surface area contributed by atoms with Crippen LogP contribution in [-0.2, 0) is 4.74 Å². The molecule has 2 rings (SSSR count). The summed E-state index contributed by atoms with van der Waals surface area (Å²) in [7, 11) is 1.93. The van der Waals surface area contributed by atoms with E-state index in [0.717, 1.165) is 37.2 Å². The van der Waals surface area contributed by atoms with Gasteiger partial charge in [-0.25, -0.2) is 0 Å². The number of ether oxygens (including phenoxy) is 1. The molecule has 1 aromatic carbocycles. The first kappa shape index (κ1) is 14.1. The van der Waals surface area contributed by atoms with Gasteiger partial charge < -0.3 is 9.64 Å². The molecule has 0 radical (unpaired) electrons. The topological polar surface area (TPSA) is 55.6 Å². The molecule has 0 aliphatic carbocycles. The summed E-state index contributed by atoms with van der Waals surface area (Å²) in [4.78, 5) is 12.4. The van der Waals surface area contributed by atoms with Crippen LogP contribution in [0.15, 0.2) is 12.1 Å². The van der Waals surface area contributed by atoms with Crippen molar-refractivity contribution in [2.75, 3.05) is 25.1 Å². The number of halogens is 1. The standard InChI is InChI=1S/C13H17ClN2O3/c1-9-6-10(16(17)18)7-12(14)13(9)15(2)8-11-4-3-5-19-11/h6-7,11H,3-5,8H2,1-2H3/t11-/m0/s1. The number of rotatable bonds is 4. The Morgan fingerprint density at radius 3 is 2.84 bits per heavy atom. The van der Waals surface area contributed by atoms with Crippen LogP contribution in [0.1, 0.15) is 18.4 Å². The fourth-order valence-corrected chi connectivity index (χ4v) is 2.90. The first-order chi connectivity index (χ1) is 8.99. The highest BCUT2D eigenvalue weighted by Crippen LogP contribution is 2.33.